The van der Waals surface area contributed by atoms with Crippen LogP contribution in [0.1, 0.15) is 51.4 Å². The van der Waals surface area contributed by atoms with Gasteiger partial charge in [-0.25, -0.2) is 0 Å². The van der Waals surface area contributed by atoms with E-state index in [9.17, 15) is 0 Å². The zero-order chi connectivity index (χ0) is 12.9. The largest absolute Gasteiger partial charge is 0.385 e. The first-order valence-electron chi connectivity index (χ1n) is 5.99. The van der Waals surface area contributed by atoms with Gasteiger partial charge in [0.25, 0.3) is 0 Å². The number of aromatic nitrogens is 2. The van der Waals surface area contributed by atoms with E-state index in [1.54, 1.807) is 7.11 Å². The second-order valence-corrected chi connectivity index (χ2v) is 5.50. The van der Waals surface area contributed by atoms with E-state index in [4.69, 9.17) is 15.0 Å². The van der Waals surface area contributed by atoms with Crippen molar-refractivity contribution in [3.63, 3.8) is 0 Å². The predicted octanol–water partition coefficient (Wildman–Crippen LogP) is 2.08. The van der Waals surface area contributed by atoms with Crippen molar-refractivity contribution in [2.75, 3.05) is 13.7 Å². The van der Waals surface area contributed by atoms with Gasteiger partial charge in [-0.15, -0.1) is 0 Å². The van der Waals surface area contributed by atoms with Crippen molar-refractivity contribution in [3.05, 3.63) is 11.7 Å². The molecule has 1 aromatic rings. The number of aryl methyl sites for hydroxylation is 1. The monoisotopic (exact) mass is 241 g/mol. The average Bonchev–Trinajstić information content (AvgIpc) is 2.70. The lowest BCUT2D eigenvalue weighted by Crippen LogP contribution is -2.13. The standard InChI is InChI=1S/C12H23N3O2/c1-12(2,3)7-5-10-14-11(17-15-10)9(13)6-8-16-4/h9H,5-8,13H2,1-4H3. The highest BCUT2D eigenvalue weighted by Gasteiger charge is 2.16. The first-order chi connectivity index (χ1) is 7.92. The van der Waals surface area contributed by atoms with Crippen LogP contribution in [0.25, 0.3) is 0 Å². The predicted molar refractivity (Wildman–Crippen MR) is 65.5 cm³/mol. The van der Waals surface area contributed by atoms with E-state index in [0.29, 0.717) is 18.9 Å². The summed E-state index contributed by atoms with van der Waals surface area (Å²) in [6.07, 6.45) is 2.54. The molecule has 0 aliphatic heterocycles. The third kappa shape index (κ3) is 5.28. The summed E-state index contributed by atoms with van der Waals surface area (Å²) in [5.74, 6) is 1.24. The molecule has 0 aliphatic rings. The summed E-state index contributed by atoms with van der Waals surface area (Å²) in [5, 5.41) is 3.94. The summed E-state index contributed by atoms with van der Waals surface area (Å²) in [6, 6.07) is -0.231. The summed E-state index contributed by atoms with van der Waals surface area (Å²) in [4.78, 5) is 4.31. The molecule has 0 saturated heterocycles. The molecule has 5 nitrogen and oxygen atoms in total. The van der Waals surface area contributed by atoms with Crippen molar-refractivity contribution in [1.82, 2.24) is 10.1 Å². The van der Waals surface area contributed by atoms with Crippen LogP contribution in [-0.4, -0.2) is 23.9 Å². The molecule has 98 valence electrons. The third-order valence-corrected chi connectivity index (χ3v) is 2.53. The van der Waals surface area contributed by atoms with Crippen LogP contribution in [-0.2, 0) is 11.2 Å². The average molecular weight is 241 g/mol. The topological polar surface area (TPSA) is 74.2 Å². The first-order valence-corrected chi connectivity index (χ1v) is 5.99. The van der Waals surface area contributed by atoms with Gasteiger partial charge in [-0.3, -0.25) is 0 Å². The van der Waals surface area contributed by atoms with Crippen LogP contribution in [0.2, 0.25) is 0 Å². The molecule has 1 rings (SSSR count). The molecule has 0 bridgehead atoms. The lowest BCUT2D eigenvalue weighted by molar-refractivity contribution is 0.182. The lowest BCUT2D eigenvalue weighted by atomic mass is 9.90. The van der Waals surface area contributed by atoms with Crippen LogP contribution >= 0.6 is 0 Å². The summed E-state index contributed by atoms with van der Waals surface area (Å²) in [5.41, 5.74) is 6.18. The van der Waals surface area contributed by atoms with Crippen molar-refractivity contribution in [2.24, 2.45) is 11.1 Å². The van der Waals surface area contributed by atoms with Crippen LogP contribution in [0.5, 0.6) is 0 Å². The fraction of sp³-hybridized carbons (Fsp3) is 0.833. The number of hydrogen-bond acceptors (Lipinski definition) is 5. The quantitative estimate of drug-likeness (QED) is 0.825. The third-order valence-electron chi connectivity index (χ3n) is 2.53. The van der Waals surface area contributed by atoms with E-state index in [1.165, 1.54) is 0 Å². The minimum absolute atomic E-state index is 0.231. The number of nitrogens with zero attached hydrogens (tertiary/aromatic N) is 2. The molecule has 1 unspecified atom stereocenters. The highest BCUT2D eigenvalue weighted by molar-refractivity contribution is 4.92. The lowest BCUT2D eigenvalue weighted by Gasteiger charge is -2.15. The molecule has 0 fully saturated rings. The number of hydrogen-bond donors (Lipinski definition) is 1. The normalized spacial score (nSPS) is 13.9. The van der Waals surface area contributed by atoms with Crippen LogP contribution in [0.4, 0.5) is 0 Å². The molecular weight excluding hydrogens is 218 g/mol. The molecule has 0 aromatic carbocycles. The molecule has 5 heteroatoms. The van der Waals surface area contributed by atoms with Gasteiger partial charge in [0.05, 0.1) is 6.04 Å². The van der Waals surface area contributed by atoms with Crippen molar-refractivity contribution in [1.29, 1.82) is 0 Å². The van der Waals surface area contributed by atoms with Crippen molar-refractivity contribution < 1.29 is 9.26 Å². The highest BCUT2D eigenvalue weighted by atomic mass is 16.5. The molecule has 1 atom stereocenters. The maximum absolute atomic E-state index is 5.90. The Morgan fingerprint density at radius 1 is 1.41 bits per heavy atom. The van der Waals surface area contributed by atoms with Gasteiger partial charge in [-0.2, -0.15) is 4.98 Å². The Morgan fingerprint density at radius 3 is 2.71 bits per heavy atom. The Kier molecular flexibility index (Phi) is 5.08. The van der Waals surface area contributed by atoms with Gasteiger partial charge >= 0.3 is 0 Å². The second-order valence-electron chi connectivity index (χ2n) is 5.50. The van der Waals surface area contributed by atoms with Gasteiger partial charge in [0, 0.05) is 20.1 Å². The van der Waals surface area contributed by atoms with Gasteiger partial charge in [0.2, 0.25) is 5.89 Å². The molecule has 0 spiro atoms. The fourth-order valence-corrected chi connectivity index (χ4v) is 1.37. The summed E-state index contributed by atoms with van der Waals surface area (Å²) in [7, 11) is 1.65. The first kappa shape index (κ1) is 14.1. The molecule has 0 amide bonds. The van der Waals surface area contributed by atoms with E-state index in [2.05, 4.69) is 30.9 Å². The Bertz CT molecular complexity index is 331. The van der Waals surface area contributed by atoms with Gasteiger partial charge in [0.15, 0.2) is 5.82 Å². The van der Waals surface area contributed by atoms with Crippen molar-refractivity contribution >= 4 is 0 Å². The molecule has 0 saturated carbocycles. The summed E-state index contributed by atoms with van der Waals surface area (Å²) >= 11 is 0. The van der Waals surface area contributed by atoms with Crippen LogP contribution in [0.3, 0.4) is 0 Å². The minimum atomic E-state index is -0.231. The van der Waals surface area contributed by atoms with E-state index >= 15 is 0 Å². The SMILES string of the molecule is COCCC(N)c1nc(CCC(C)(C)C)no1. The summed E-state index contributed by atoms with van der Waals surface area (Å²) in [6.45, 7) is 7.18. The van der Waals surface area contributed by atoms with Crippen LogP contribution < -0.4 is 5.73 Å². The van der Waals surface area contributed by atoms with E-state index in [0.717, 1.165) is 18.7 Å². The molecule has 1 aromatic heterocycles. The Balaban J connectivity index is 2.47. The molecule has 1 heterocycles. The molecule has 0 aliphatic carbocycles. The molecule has 17 heavy (non-hydrogen) atoms. The number of methoxy groups -OCH3 is 1. The van der Waals surface area contributed by atoms with Crippen molar-refractivity contribution in [2.45, 2.75) is 46.1 Å². The van der Waals surface area contributed by atoms with E-state index in [-0.39, 0.29) is 11.5 Å². The number of rotatable bonds is 6. The Hall–Kier alpha value is -0.940. The van der Waals surface area contributed by atoms with Crippen LogP contribution in [0.15, 0.2) is 4.52 Å². The van der Waals surface area contributed by atoms with Gasteiger partial charge in [0.1, 0.15) is 0 Å². The van der Waals surface area contributed by atoms with Gasteiger partial charge < -0.3 is 15.0 Å². The maximum atomic E-state index is 5.90. The molecule has 0 radical (unpaired) electrons. The van der Waals surface area contributed by atoms with Gasteiger partial charge in [-0.1, -0.05) is 25.9 Å². The Labute approximate surface area is 103 Å². The van der Waals surface area contributed by atoms with E-state index in [1.807, 2.05) is 0 Å². The Morgan fingerprint density at radius 2 is 2.12 bits per heavy atom. The molecule has 2 N–H and O–H groups in total. The maximum Gasteiger partial charge on any atom is 0.243 e. The second kappa shape index (κ2) is 6.12. The fourth-order valence-electron chi connectivity index (χ4n) is 1.37. The minimum Gasteiger partial charge on any atom is -0.385 e. The van der Waals surface area contributed by atoms with Gasteiger partial charge in [-0.05, 0) is 18.3 Å². The number of ether oxygens (including phenoxy) is 1. The summed E-state index contributed by atoms with van der Waals surface area (Å²) < 4.78 is 10.1. The highest BCUT2D eigenvalue weighted by Crippen LogP contribution is 2.21. The van der Waals surface area contributed by atoms with E-state index < -0.39 is 0 Å². The number of nitrogens with two attached hydrogens (primary N) is 1. The smallest absolute Gasteiger partial charge is 0.243 e. The zero-order valence-electron chi connectivity index (χ0n) is 11.2. The van der Waals surface area contributed by atoms with Crippen molar-refractivity contribution in [3.8, 4) is 0 Å². The molecular formula is C12H23N3O2. The zero-order valence-corrected chi connectivity index (χ0v) is 11.2. The van der Waals surface area contributed by atoms with Crippen LogP contribution in [0, 0.1) is 5.41 Å².